The summed E-state index contributed by atoms with van der Waals surface area (Å²) in [5.41, 5.74) is 3.17. The number of phenols is 1. The Balaban J connectivity index is 1.58. The van der Waals surface area contributed by atoms with E-state index in [1.165, 1.54) is 23.9 Å². The molecule has 156 valence electrons. The van der Waals surface area contributed by atoms with Crippen LogP contribution in [0.25, 0.3) is 17.4 Å². The maximum atomic E-state index is 12.3. The zero-order valence-corrected chi connectivity index (χ0v) is 17.5. The molecule has 31 heavy (non-hydrogen) atoms. The Morgan fingerprint density at radius 2 is 1.94 bits per heavy atom. The molecule has 1 aliphatic rings. The molecular formula is C23H18N2O5S. The molecule has 1 fully saturated rings. The number of carboxylic acids is 1. The number of nitrogens with one attached hydrogen (secondary N) is 1. The second-order valence-electron chi connectivity index (χ2n) is 7.01. The number of amides is 1. The molecular weight excluding hydrogens is 416 g/mol. The number of hydrogen-bond acceptors (Lipinski definition) is 6. The lowest BCUT2D eigenvalue weighted by atomic mass is 10.1. The van der Waals surface area contributed by atoms with Gasteiger partial charge < -0.3 is 19.9 Å². The average Bonchev–Trinajstić information content (AvgIpc) is 3.32. The normalized spacial score (nSPS) is 16.1. The van der Waals surface area contributed by atoms with Crippen molar-refractivity contribution in [1.29, 1.82) is 0 Å². The van der Waals surface area contributed by atoms with Gasteiger partial charge in [0.2, 0.25) is 0 Å². The van der Waals surface area contributed by atoms with Crippen LogP contribution in [-0.4, -0.2) is 27.3 Å². The SMILES string of the molecule is Cc1ccc(C)c(N=C2NC(=O)/C(=C/c3ccc(-c4ccc(O)c(C(=O)O)c4)o3)S2)c1. The summed E-state index contributed by atoms with van der Waals surface area (Å²) in [6.45, 7) is 3.94. The van der Waals surface area contributed by atoms with E-state index in [0.29, 0.717) is 27.2 Å². The molecule has 0 radical (unpaired) electrons. The fourth-order valence-corrected chi connectivity index (χ4v) is 3.82. The van der Waals surface area contributed by atoms with Gasteiger partial charge in [0.25, 0.3) is 5.91 Å². The molecule has 1 amide bonds. The number of carbonyl (C=O) groups excluding carboxylic acids is 1. The minimum atomic E-state index is -1.23. The summed E-state index contributed by atoms with van der Waals surface area (Å²) in [6, 6.07) is 13.5. The van der Waals surface area contributed by atoms with E-state index in [1.54, 1.807) is 24.3 Å². The fourth-order valence-electron chi connectivity index (χ4n) is 3.01. The molecule has 0 spiro atoms. The molecule has 0 saturated carbocycles. The number of rotatable bonds is 4. The van der Waals surface area contributed by atoms with Crippen molar-refractivity contribution in [3.05, 3.63) is 75.9 Å². The van der Waals surface area contributed by atoms with E-state index in [-0.39, 0.29) is 17.2 Å². The summed E-state index contributed by atoms with van der Waals surface area (Å²) in [6.07, 6.45) is 1.60. The molecule has 1 aromatic heterocycles. The van der Waals surface area contributed by atoms with Crippen molar-refractivity contribution < 1.29 is 24.2 Å². The number of aryl methyl sites for hydroxylation is 2. The van der Waals surface area contributed by atoms with Crippen molar-refractivity contribution in [2.75, 3.05) is 0 Å². The number of aromatic carboxylic acids is 1. The Morgan fingerprint density at radius 3 is 2.71 bits per heavy atom. The molecule has 1 saturated heterocycles. The number of furan rings is 1. The van der Waals surface area contributed by atoms with Gasteiger partial charge in [-0.05, 0) is 73.1 Å². The van der Waals surface area contributed by atoms with Crippen molar-refractivity contribution >= 4 is 40.6 Å². The molecule has 7 nitrogen and oxygen atoms in total. The van der Waals surface area contributed by atoms with Gasteiger partial charge in [0.15, 0.2) is 5.17 Å². The van der Waals surface area contributed by atoms with Crippen LogP contribution < -0.4 is 5.32 Å². The van der Waals surface area contributed by atoms with Crippen LogP contribution in [0, 0.1) is 13.8 Å². The second kappa shape index (κ2) is 8.16. The predicted octanol–water partition coefficient (Wildman–Crippen LogP) is 4.86. The number of hydrogen-bond donors (Lipinski definition) is 3. The Hall–Kier alpha value is -3.78. The van der Waals surface area contributed by atoms with E-state index in [9.17, 15) is 14.7 Å². The van der Waals surface area contributed by atoms with Crippen LogP contribution >= 0.6 is 11.8 Å². The monoisotopic (exact) mass is 434 g/mol. The summed E-state index contributed by atoms with van der Waals surface area (Å²) < 4.78 is 5.76. The van der Waals surface area contributed by atoms with Gasteiger partial charge in [-0.25, -0.2) is 9.79 Å². The van der Waals surface area contributed by atoms with Crippen LogP contribution in [0.15, 0.2) is 62.8 Å². The Morgan fingerprint density at radius 1 is 1.13 bits per heavy atom. The van der Waals surface area contributed by atoms with E-state index in [4.69, 9.17) is 9.52 Å². The highest BCUT2D eigenvalue weighted by Gasteiger charge is 2.24. The number of carboxylic acid groups (broad SMARTS) is 1. The highest BCUT2D eigenvalue weighted by atomic mass is 32.2. The molecule has 4 rings (SSSR count). The number of thioether (sulfide) groups is 1. The molecule has 3 N–H and O–H groups in total. The number of aromatic hydroxyl groups is 1. The first-order valence-electron chi connectivity index (χ1n) is 9.33. The van der Waals surface area contributed by atoms with Gasteiger partial charge in [-0.2, -0.15) is 0 Å². The Kier molecular flexibility index (Phi) is 5.39. The van der Waals surface area contributed by atoms with Crippen molar-refractivity contribution in [3.63, 3.8) is 0 Å². The molecule has 2 aromatic carbocycles. The molecule has 2 heterocycles. The summed E-state index contributed by atoms with van der Waals surface area (Å²) in [4.78, 5) is 28.5. The maximum Gasteiger partial charge on any atom is 0.339 e. The summed E-state index contributed by atoms with van der Waals surface area (Å²) in [5.74, 6) is -0.972. The number of carbonyl (C=O) groups is 2. The topological polar surface area (TPSA) is 112 Å². The maximum absolute atomic E-state index is 12.3. The predicted molar refractivity (Wildman–Crippen MR) is 119 cm³/mol. The van der Waals surface area contributed by atoms with Crippen molar-refractivity contribution in [1.82, 2.24) is 5.32 Å². The first-order chi connectivity index (χ1) is 14.8. The van der Waals surface area contributed by atoms with E-state index in [0.717, 1.165) is 16.8 Å². The fraction of sp³-hybridized carbons (Fsp3) is 0.0870. The highest BCUT2D eigenvalue weighted by molar-refractivity contribution is 8.18. The van der Waals surface area contributed by atoms with Gasteiger partial charge in [-0.1, -0.05) is 12.1 Å². The average molecular weight is 434 g/mol. The smallest absolute Gasteiger partial charge is 0.339 e. The molecule has 3 aromatic rings. The van der Waals surface area contributed by atoms with E-state index in [2.05, 4.69) is 10.3 Å². The first kappa shape index (κ1) is 20.5. The Bertz CT molecular complexity index is 1270. The molecule has 0 aliphatic carbocycles. The standard InChI is InChI=1S/C23H18N2O5S/c1-12-3-4-13(2)17(9-12)24-23-25-21(27)20(31-23)11-15-6-8-19(30-15)14-5-7-18(26)16(10-14)22(28)29/h3-11,26H,1-2H3,(H,28,29)(H,24,25,27)/b20-11-. The van der Waals surface area contributed by atoms with E-state index >= 15 is 0 Å². The minimum absolute atomic E-state index is 0.216. The van der Waals surface area contributed by atoms with Gasteiger partial charge in [-0.3, -0.25) is 4.79 Å². The largest absolute Gasteiger partial charge is 0.507 e. The van der Waals surface area contributed by atoms with Gasteiger partial charge in [0.1, 0.15) is 22.8 Å². The van der Waals surface area contributed by atoms with E-state index < -0.39 is 5.97 Å². The van der Waals surface area contributed by atoms with Crippen molar-refractivity contribution in [2.24, 2.45) is 4.99 Å². The lowest BCUT2D eigenvalue weighted by molar-refractivity contribution is -0.115. The third-order valence-corrected chi connectivity index (χ3v) is 5.56. The Labute approximate surface area is 182 Å². The van der Waals surface area contributed by atoms with Crippen LogP contribution in [0.1, 0.15) is 27.2 Å². The lowest BCUT2D eigenvalue weighted by Gasteiger charge is -2.02. The van der Waals surface area contributed by atoms with Gasteiger partial charge in [0.05, 0.1) is 10.6 Å². The molecule has 0 unspecified atom stereocenters. The summed E-state index contributed by atoms with van der Waals surface area (Å²) in [5, 5.41) is 22.1. The van der Waals surface area contributed by atoms with Crippen LogP contribution in [0.5, 0.6) is 5.75 Å². The van der Waals surface area contributed by atoms with Crippen LogP contribution in [-0.2, 0) is 4.79 Å². The zero-order chi connectivity index (χ0) is 22.1. The van der Waals surface area contributed by atoms with Crippen LogP contribution in [0.4, 0.5) is 5.69 Å². The van der Waals surface area contributed by atoms with Crippen molar-refractivity contribution in [2.45, 2.75) is 13.8 Å². The number of nitrogens with zero attached hydrogens (tertiary/aromatic N) is 1. The lowest BCUT2D eigenvalue weighted by Crippen LogP contribution is -2.19. The molecule has 0 bridgehead atoms. The number of aliphatic imine (C=N–C) groups is 1. The third kappa shape index (κ3) is 4.39. The third-order valence-electron chi connectivity index (χ3n) is 4.65. The summed E-state index contributed by atoms with van der Waals surface area (Å²) in [7, 11) is 0. The van der Waals surface area contributed by atoms with Crippen LogP contribution in [0.2, 0.25) is 0 Å². The summed E-state index contributed by atoms with van der Waals surface area (Å²) >= 11 is 1.22. The molecule has 8 heteroatoms. The zero-order valence-electron chi connectivity index (χ0n) is 16.7. The molecule has 0 atom stereocenters. The van der Waals surface area contributed by atoms with E-state index in [1.807, 2.05) is 32.0 Å². The van der Waals surface area contributed by atoms with Gasteiger partial charge in [-0.15, -0.1) is 0 Å². The highest BCUT2D eigenvalue weighted by Crippen LogP contribution is 2.32. The number of amidine groups is 1. The van der Waals surface area contributed by atoms with Crippen LogP contribution in [0.3, 0.4) is 0 Å². The first-order valence-corrected chi connectivity index (χ1v) is 10.1. The molecule has 1 aliphatic heterocycles. The minimum Gasteiger partial charge on any atom is -0.507 e. The van der Waals surface area contributed by atoms with Gasteiger partial charge >= 0.3 is 5.97 Å². The second-order valence-corrected chi connectivity index (χ2v) is 8.04. The van der Waals surface area contributed by atoms with Crippen molar-refractivity contribution in [3.8, 4) is 17.1 Å². The van der Waals surface area contributed by atoms with Gasteiger partial charge in [0, 0.05) is 11.6 Å². The quantitative estimate of drug-likeness (QED) is 0.506. The number of benzene rings is 2.